The molecule has 7 unspecified atom stereocenters. The number of alkyl halides is 2. The van der Waals surface area contributed by atoms with Crippen LogP contribution in [0.2, 0.25) is 0 Å². The zero-order chi connectivity index (χ0) is 15.0. The van der Waals surface area contributed by atoms with Crippen molar-refractivity contribution in [2.75, 3.05) is 6.54 Å². The second kappa shape index (κ2) is 6.96. The van der Waals surface area contributed by atoms with Gasteiger partial charge in [-0.05, 0) is 32.1 Å². The molecule has 7 atom stereocenters. The molecule has 0 radical (unpaired) electrons. The standard InChI is InChI=1S/C15H24Cl2N2OS/c16-10-6-5-9(7-11(10)17)13(20)8-19-12-3-1-2-4-14(12)21-15(19)18/h9-12,14-15H,1-8,18H2/p+1. The van der Waals surface area contributed by atoms with Crippen molar-refractivity contribution in [3.63, 3.8) is 0 Å². The van der Waals surface area contributed by atoms with E-state index >= 15 is 0 Å². The summed E-state index contributed by atoms with van der Waals surface area (Å²) in [7, 11) is 0. The maximum atomic E-state index is 12.6. The molecular weight excluding hydrogens is 327 g/mol. The van der Waals surface area contributed by atoms with E-state index in [-0.39, 0.29) is 22.2 Å². The first-order valence-corrected chi connectivity index (χ1v) is 9.95. The first kappa shape index (κ1) is 16.4. The maximum absolute atomic E-state index is 12.6. The fourth-order valence-corrected chi connectivity index (χ4v) is 6.30. The van der Waals surface area contributed by atoms with E-state index in [0.717, 1.165) is 19.3 Å². The summed E-state index contributed by atoms with van der Waals surface area (Å²) in [6.07, 6.45) is 7.57. The summed E-state index contributed by atoms with van der Waals surface area (Å²) in [5, 5.41) is 0.625. The van der Waals surface area contributed by atoms with Gasteiger partial charge < -0.3 is 4.90 Å². The summed E-state index contributed by atoms with van der Waals surface area (Å²) in [6, 6.07) is 0.582. The van der Waals surface area contributed by atoms with Crippen LogP contribution < -0.4 is 10.6 Å². The monoisotopic (exact) mass is 351 g/mol. The third-order valence-corrected chi connectivity index (χ3v) is 8.04. The van der Waals surface area contributed by atoms with Crippen LogP contribution in [0.4, 0.5) is 0 Å². The van der Waals surface area contributed by atoms with E-state index in [1.54, 1.807) is 0 Å². The van der Waals surface area contributed by atoms with E-state index in [4.69, 9.17) is 28.9 Å². The molecule has 3 N–H and O–H groups in total. The molecule has 0 aromatic carbocycles. The Bertz CT molecular complexity index is 398. The van der Waals surface area contributed by atoms with Crippen molar-refractivity contribution >= 4 is 40.7 Å². The van der Waals surface area contributed by atoms with Crippen LogP contribution in [0.25, 0.3) is 0 Å². The number of hydrogen-bond donors (Lipinski definition) is 2. The maximum Gasteiger partial charge on any atom is 0.189 e. The number of halogens is 2. The SMILES string of the molecule is NC1SC2CCCCC2[NH+]1CC(=O)C1CCC(Cl)C(Cl)C1. The van der Waals surface area contributed by atoms with Gasteiger partial charge in [0.05, 0.1) is 10.6 Å². The minimum absolute atomic E-state index is 0.0235. The van der Waals surface area contributed by atoms with Gasteiger partial charge in [-0.15, -0.1) is 23.2 Å². The normalized spacial score (nSPS) is 47.1. The summed E-state index contributed by atoms with van der Waals surface area (Å²) in [5.74, 6) is 0.441. The molecule has 0 bridgehead atoms. The smallest absolute Gasteiger partial charge is 0.189 e. The fraction of sp³-hybridized carbons (Fsp3) is 0.933. The molecule has 3 fully saturated rings. The Morgan fingerprint density at radius 3 is 2.67 bits per heavy atom. The zero-order valence-electron chi connectivity index (χ0n) is 12.3. The minimum Gasteiger partial charge on any atom is -0.302 e. The van der Waals surface area contributed by atoms with Gasteiger partial charge in [-0.25, -0.2) is 0 Å². The Morgan fingerprint density at radius 1 is 1.14 bits per heavy atom. The number of Topliss-reactive ketones (excluding diaryl/α,β-unsaturated/α-hetero) is 1. The number of hydrogen-bond acceptors (Lipinski definition) is 3. The van der Waals surface area contributed by atoms with Gasteiger partial charge in [-0.2, -0.15) is 0 Å². The van der Waals surface area contributed by atoms with Crippen LogP contribution in [0.3, 0.4) is 0 Å². The van der Waals surface area contributed by atoms with Gasteiger partial charge in [0.1, 0.15) is 12.6 Å². The van der Waals surface area contributed by atoms with Crippen LogP contribution >= 0.6 is 35.0 Å². The summed E-state index contributed by atoms with van der Waals surface area (Å²) in [6.45, 7) is 0.580. The van der Waals surface area contributed by atoms with Gasteiger partial charge in [0.15, 0.2) is 11.3 Å². The van der Waals surface area contributed by atoms with E-state index < -0.39 is 0 Å². The number of ketones is 1. The number of carbonyl (C=O) groups excluding carboxylic acids is 1. The van der Waals surface area contributed by atoms with Crippen molar-refractivity contribution in [2.24, 2.45) is 11.7 Å². The third-order valence-electron chi connectivity index (χ3n) is 5.39. The highest BCUT2D eigenvalue weighted by atomic mass is 35.5. The van der Waals surface area contributed by atoms with Gasteiger partial charge >= 0.3 is 0 Å². The van der Waals surface area contributed by atoms with Gasteiger partial charge in [0.2, 0.25) is 0 Å². The second-order valence-electron chi connectivity index (χ2n) is 6.75. The lowest BCUT2D eigenvalue weighted by molar-refractivity contribution is -0.922. The molecule has 0 aromatic heterocycles. The lowest BCUT2D eigenvalue weighted by Crippen LogP contribution is -3.19. The molecule has 3 rings (SSSR count). The van der Waals surface area contributed by atoms with Crippen LogP contribution in [-0.4, -0.2) is 39.9 Å². The number of quaternary nitrogens is 1. The Hall–Kier alpha value is 0.520. The lowest BCUT2D eigenvalue weighted by Gasteiger charge is -2.31. The summed E-state index contributed by atoms with van der Waals surface area (Å²) >= 11 is 14.3. The second-order valence-corrected chi connectivity index (χ2v) is 9.25. The molecule has 1 saturated heterocycles. The highest BCUT2D eigenvalue weighted by molar-refractivity contribution is 8.00. The van der Waals surface area contributed by atoms with Crippen LogP contribution in [0.5, 0.6) is 0 Å². The first-order valence-electron chi connectivity index (χ1n) is 8.13. The molecule has 21 heavy (non-hydrogen) atoms. The predicted molar refractivity (Wildman–Crippen MR) is 89.1 cm³/mol. The number of carbonyl (C=O) groups is 1. The molecule has 6 heteroatoms. The molecular formula is C15H25Cl2N2OS+. The van der Waals surface area contributed by atoms with Gasteiger partial charge in [0.25, 0.3) is 0 Å². The number of fused-ring (bicyclic) bond motifs is 1. The van der Waals surface area contributed by atoms with Crippen LogP contribution in [0, 0.1) is 5.92 Å². The number of rotatable bonds is 3. The first-order chi connectivity index (χ1) is 10.1. The van der Waals surface area contributed by atoms with Crippen molar-refractivity contribution in [3.8, 4) is 0 Å². The van der Waals surface area contributed by atoms with Crippen molar-refractivity contribution < 1.29 is 9.69 Å². The number of thioether (sulfide) groups is 1. The Balaban J connectivity index is 1.59. The van der Waals surface area contributed by atoms with Gasteiger partial charge in [0, 0.05) is 17.7 Å². The lowest BCUT2D eigenvalue weighted by atomic mass is 9.85. The van der Waals surface area contributed by atoms with E-state index in [0.29, 0.717) is 23.6 Å². The van der Waals surface area contributed by atoms with Crippen molar-refractivity contribution in [1.82, 2.24) is 0 Å². The van der Waals surface area contributed by atoms with Crippen molar-refractivity contribution in [1.29, 1.82) is 0 Å². The quantitative estimate of drug-likeness (QED) is 0.761. The number of nitrogens with one attached hydrogen (secondary N) is 1. The Morgan fingerprint density at radius 2 is 1.90 bits per heavy atom. The largest absolute Gasteiger partial charge is 0.302 e. The fourth-order valence-electron chi connectivity index (χ4n) is 4.12. The van der Waals surface area contributed by atoms with Crippen LogP contribution in [-0.2, 0) is 4.79 Å². The zero-order valence-corrected chi connectivity index (χ0v) is 14.6. The third kappa shape index (κ3) is 3.55. The molecule has 2 aliphatic carbocycles. The number of nitrogens with two attached hydrogens (primary N) is 1. The summed E-state index contributed by atoms with van der Waals surface area (Å²) < 4.78 is 0. The van der Waals surface area contributed by atoms with Crippen molar-refractivity contribution in [3.05, 3.63) is 0 Å². The van der Waals surface area contributed by atoms with Gasteiger partial charge in [-0.3, -0.25) is 10.5 Å². The molecule has 0 spiro atoms. The summed E-state index contributed by atoms with van der Waals surface area (Å²) in [4.78, 5) is 14.0. The highest BCUT2D eigenvalue weighted by Crippen LogP contribution is 2.34. The molecule has 1 aliphatic heterocycles. The van der Waals surface area contributed by atoms with E-state index in [2.05, 4.69) is 0 Å². The molecule has 3 nitrogen and oxygen atoms in total. The topological polar surface area (TPSA) is 47.5 Å². The van der Waals surface area contributed by atoms with Crippen LogP contribution in [0.1, 0.15) is 44.9 Å². The van der Waals surface area contributed by atoms with E-state index in [1.165, 1.54) is 30.6 Å². The molecule has 3 aliphatic rings. The molecule has 1 heterocycles. The van der Waals surface area contributed by atoms with Gasteiger partial charge in [-0.1, -0.05) is 18.2 Å². The predicted octanol–water partition coefficient (Wildman–Crippen LogP) is 1.76. The Kier molecular flexibility index (Phi) is 5.43. The van der Waals surface area contributed by atoms with Crippen LogP contribution in [0.15, 0.2) is 0 Å². The highest BCUT2D eigenvalue weighted by Gasteiger charge is 2.46. The minimum atomic E-state index is -0.0616. The molecule has 0 aromatic rings. The van der Waals surface area contributed by atoms with Crippen molar-refractivity contribution in [2.45, 2.75) is 72.5 Å². The molecule has 2 saturated carbocycles. The average molecular weight is 352 g/mol. The van der Waals surface area contributed by atoms with E-state index in [1.807, 2.05) is 11.8 Å². The Labute approximate surface area is 141 Å². The summed E-state index contributed by atoms with van der Waals surface area (Å²) in [5.41, 5.74) is 6.36. The molecule has 120 valence electrons. The van der Waals surface area contributed by atoms with E-state index in [9.17, 15) is 4.79 Å². The average Bonchev–Trinajstić information content (AvgIpc) is 2.78. The molecule has 0 amide bonds.